The van der Waals surface area contributed by atoms with Crippen LogP contribution in [0, 0.1) is 0 Å². The molecule has 0 radical (unpaired) electrons. The Morgan fingerprint density at radius 1 is 0.955 bits per heavy atom. The first kappa shape index (κ1) is 19.5. The van der Waals surface area contributed by atoms with Gasteiger partial charge in [0.25, 0.3) is 0 Å². The van der Waals surface area contributed by atoms with Gasteiger partial charge < -0.3 is 35.4 Å². The third-order valence-corrected chi connectivity index (χ3v) is 2.10. The molecule has 10 nitrogen and oxygen atoms in total. The van der Waals surface area contributed by atoms with Gasteiger partial charge in [-0.2, -0.15) is 0 Å². The van der Waals surface area contributed by atoms with E-state index in [1.54, 1.807) is 0 Å². The van der Waals surface area contributed by atoms with Crippen molar-refractivity contribution < 1.29 is 39.2 Å². The van der Waals surface area contributed by atoms with E-state index in [1.165, 1.54) is 0 Å². The Kier molecular flexibility index (Phi) is 9.93. The normalized spacial score (nSPS) is 11.1. The van der Waals surface area contributed by atoms with E-state index in [9.17, 15) is 19.5 Å². The number of ether oxygens (including phenoxy) is 2. The van der Waals surface area contributed by atoms with Gasteiger partial charge in [0.1, 0.15) is 19.3 Å². The summed E-state index contributed by atoms with van der Waals surface area (Å²) >= 11 is 0. The van der Waals surface area contributed by atoms with Crippen molar-refractivity contribution in [3.63, 3.8) is 0 Å². The summed E-state index contributed by atoms with van der Waals surface area (Å²) in [5.41, 5.74) is 0. The first-order valence-corrected chi connectivity index (χ1v) is 6.39. The molecule has 1 atom stereocenters. The molecule has 2 amide bonds. The molecule has 0 aliphatic carbocycles. The second-order valence-electron chi connectivity index (χ2n) is 4.16. The van der Waals surface area contributed by atoms with Gasteiger partial charge in [0.05, 0.1) is 12.2 Å². The van der Waals surface area contributed by atoms with Crippen LogP contribution in [0.4, 0.5) is 9.59 Å². The Balaban J connectivity index is 3.65. The highest BCUT2D eigenvalue weighted by atomic mass is 16.6. The standard InChI is InChI=1S/C12H20N2O8/c1-8(15)2-4-13-11(19)21-6-9(16)7-22-12(20)14-5-3-10(17)18/h9,15-16H,1-7H2,(H,13,19)(H,14,20)(H,17,18). The number of carbonyl (C=O) groups excluding carboxylic acids is 2. The molecule has 0 saturated carbocycles. The maximum Gasteiger partial charge on any atom is 0.407 e. The number of aliphatic carboxylic acids is 1. The summed E-state index contributed by atoms with van der Waals surface area (Å²) in [6.45, 7) is 2.46. The number of hydrogen-bond donors (Lipinski definition) is 5. The number of nitrogens with one attached hydrogen (secondary N) is 2. The second-order valence-corrected chi connectivity index (χ2v) is 4.16. The van der Waals surface area contributed by atoms with Crippen molar-refractivity contribution in [3.05, 3.63) is 12.3 Å². The maximum atomic E-state index is 11.1. The minimum Gasteiger partial charge on any atom is -0.513 e. The molecule has 0 fully saturated rings. The van der Waals surface area contributed by atoms with Gasteiger partial charge in [0, 0.05) is 19.5 Å². The van der Waals surface area contributed by atoms with Crippen molar-refractivity contribution in [1.82, 2.24) is 10.6 Å². The molecule has 0 bridgehead atoms. The molecule has 1 unspecified atom stereocenters. The molecule has 0 aromatic rings. The first-order valence-electron chi connectivity index (χ1n) is 6.39. The fraction of sp³-hybridized carbons (Fsp3) is 0.583. The Hall–Kier alpha value is -2.49. The lowest BCUT2D eigenvalue weighted by molar-refractivity contribution is -0.136. The molecule has 22 heavy (non-hydrogen) atoms. The number of alkyl carbamates (subject to hydrolysis) is 2. The van der Waals surface area contributed by atoms with Gasteiger partial charge in [0.15, 0.2) is 0 Å². The summed E-state index contributed by atoms with van der Waals surface area (Å²) < 4.78 is 9.21. The smallest absolute Gasteiger partial charge is 0.407 e. The molecule has 0 aromatic carbocycles. The van der Waals surface area contributed by atoms with Crippen LogP contribution in [0.2, 0.25) is 0 Å². The minimum absolute atomic E-state index is 0.0809. The fourth-order valence-corrected chi connectivity index (χ4v) is 1.07. The SMILES string of the molecule is C=C(O)CCNC(=O)OCC(O)COC(=O)NCCC(=O)O. The van der Waals surface area contributed by atoms with Crippen LogP contribution in [0.25, 0.3) is 0 Å². The third-order valence-electron chi connectivity index (χ3n) is 2.10. The van der Waals surface area contributed by atoms with Crippen molar-refractivity contribution in [1.29, 1.82) is 0 Å². The zero-order valence-electron chi connectivity index (χ0n) is 11.9. The maximum absolute atomic E-state index is 11.1. The lowest BCUT2D eigenvalue weighted by atomic mass is 10.4. The summed E-state index contributed by atoms with van der Waals surface area (Å²) in [4.78, 5) is 32.4. The number of amides is 2. The molecule has 10 heteroatoms. The van der Waals surface area contributed by atoms with Crippen LogP contribution in [-0.4, -0.2) is 65.9 Å². The molecule has 0 spiro atoms. The van der Waals surface area contributed by atoms with Crippen LogP contribution in [0.5, 0.6) is 0 Å². The number of aliphatic hydroxyl groups is 2. The zero-order chi connectivity index (χ0) is 17.0. The highest BCUT2D eigenvalue weighted by Crippen LogP contribution is 1.92. The van der Waals surface area contributed by atoms with Gasteiger partial charge in [0.2, 0.25) is 0 Å². The van der Waals surface area contributed by atoms with Crippen molar-refractivity contribution in [2.24, 2.45) is 0 Å². The van der Waals surface area contributed by atoms with Gasteiger partial charge in [-0.1, -0.05) is 6.58 Å². The predicted molar refractivity (Wildman–Crippen MR) is 73.3 cm³/mol. The Bertz CT molecular complexity index is 363. The van der Waals surface area contributed by atoms with E-state index in [0.29, 0.717) is 0 Å². The monoisotopic (exact) mass is 320 g/mol. The number of aliphatic hydroxyl groups excluding tert-OH is 2. The zero-order valence-corrected chi connectivity index (χ0v) is 11.9. The Labute approximate surface area is 126 Å². The topological polar surface area (TPSA) is 154 Å². The van der Waals surface area contributed by atoms with Gasteiger partial charge in [-0.3, -0.25) is 4.79 Å². The van der Waals surface area contributed by atoms with Gasteiger partial charge in [-0.05, 0) is 0 Å². The van der Waals surface area contributed by atoms with E-state index >= 15 is 0 Å². The number of hydrogen-bond acceptors (Lipinski definition) is 7. The molecule has 0 aliphatic rings. The number of rotatable bonds is 10. The van der Waals surface area contributed by atoms with Crippen molar-refractivity contribution in [2.75, 3.05) is 26.3 Å². The van der Waals surface area contributed by atoms with E-state index in [2.05, 4.69) is 26.7 Å². The molecule has 0 saturated heterocycles. The van der Waals surface area contributed by atoms with Crippen molar-refractivity contribution >= 4 is 18.2 Å². The number of carboxylic acids is 1. The molecule has 0 aromatic heterocycles. The van der Waals surface area contributed by atoms with Gasteiger partial charge in [-0.25, -0.2) is 9.59 Å². The average molecular weight is 320 g/mol. The molecule has 0 heterocycles. The summed E-state index contributed by atoms with van der Waals surface area (Å²) in [5, 5.41) is 31.0. The highest BCUT2D eigenvalue weighted by molar-refractivity contribution is 5.70. The Morgan fingerprint density at radius 2 is 1.41 bits per heavy atom. The molecular weight excluding hydrogens is 300 g/mol. The lowest BCUT2D eigenvalue weighted by Crippen LogP contribution is -2.33. The number of carbonyl (C=O) groups is 3. The predicted octanol–water partition coefficient (Wildman–Crippen LogP) is -0.264. The van der Waals surface area contributed by atoms with Gasteiger partial charge >= 0.3 is 18.2 Å². The van der Waals surface area contributed by atoms with Crippen LogP contribution in [0.15, 0.2) is 12.3 Å². The molecule has 0 aliphatic heterocycles. The molecule has 5 N–H and O–H groups in total. The Morgan fingerprint density at radius 3 is 1.82 bits per heavy atom. The number of carboxylic acid groups (broad SMARTS) is 1. The van der Waals surface area contributed by atoms with E-state index in [0.717, 1.165) is 0 Å². The van der Waals surface area contributed by atoms with Crippen LogP contribution >= 0.6 is 0 Å². The average Bonchev–Trinajstić information content (AvgIpc) is 2.42. The van der Waals surface area contributed by atoms with Crippen molar-refractivity contribution in [2.45, 2.75) is 18.9 Å². The second kappa shape index (κ2) is 11.2. The first-order chi connectivity index (χ1) is 10.3. The minimum atomic E-state index is -1.22. The molecule has 0 rings (SSSR count). The van der Waals surface area contributed by atoms with Crippen LogP contribution in [-0.2, 0) is 14.3 Å². The third kappa shape index (κ3) is 12.5. The van der Waals surface area contributed by atoms with E-state index < -0.39 is 37.5 Å². The van der Waals surface area contributed by atoms with E-state index in [1.807, 2.05) is 0 Å². The summed E-state index contributed by atoms with van der Waals surface area (Å²) in [7, 11) is 0. The quantitative estimate of drug-likeness (QED) is 0.345. The van der Waals surface area contributed by atoms with Crippen LogP contribution < -0.4 is 10.6 Å². The highest BCUT2D eigenvalue weighted by Gasteiger charge is 2.11. The van der Waals surface area contributed by atoms with E-state index in [4.69, 9.17) is 10.2 Å². The largest absolute Gasteiger partial charge is 0.513 e. The van der Waals surface area contributed by atoms with E-state index in [-0.39, 0.29) is 31.7 Å². The summed E-state index contributed by atoms with van der Waals surface area (Å²) in [5.74, 6) is -1.15. The molecule has 126 valence electrons. The van der Waals surface area contributed by atoms with Crippen LogP contribution in [0.3, 0.4) is 0 Å². The fourth-order valence-electron chi connectivity index (χ4n) is 1.07. The van der Waals surface area contributed by atoms with Crippen molar-refractivity contribution in [3.8, 4) is 0 Å². The summed E-state index contributed by atoms with van der Waals surface area (Å²) in [6.07, 6.45) is -2.97. The summed E-state index contributed by atoms with van der Waals surface area (Å²) in [6, 6.07) is 0. The van der Waals surface area contributed by atoms with Crippen LogP contribution in [0.1, 0.15) is 12.8 Å². The lowest BCUT2D eigenvalue weighted by Gasteiger charge is -2.12. The molecular formula is C12H20N2O8. The van der Waals surface area contributed by atoms with Gasteiger partial charge in [-0.15, -0.1) is 0 Å².